The number of nitrogens with zero attached hydrogens (tertiary/aromatic N) is 2. The van der Waals surface area contributed by atoms with Crippen molar-refractivity contribution in [2.24, 2.45) is 5.92 Å². The number of carbonyl (C=O) groups excluding carboxylic acids is 1. The van der Waals surface area contributed by atoms with Crippen molar-refractivity contribution in [3.05, 3.63) is 65.4 Å². The van der Waals surface area contributed by atoms with Gasteiger partial charge in [0.1, 0.15) is 0 Å². The number of carbonyl (C=O) groups is 1. The molecular formula is C22H22ClN3O. The minimum Gasteiger partial charge on any atom is -0.371 e. The van der Waals surface area contributed by atoms with E-state index < -0.39 is 0 Å². The lowest BCUT2D eigenvalue weighted by Gasteiger charge is -2.33. The number of aryl methyl sites for hydroxylation is 1. The first-order valence-electron chi connectivity index (χ1n) is 9.27. The van der Waals surface area contributed by atoms with Gasteiger partial charge in [0.05, 0.1) is 0 Å². The molecule has 1 aliphatic heterocycles. The minimum absolute atomic E-state index is 0.0340. The van der Waals surface area contributed by atoms with Crippen molar-refractivity contribution in [1.82, 2.24) is 4.98 Å². The van der Waals surface area contributed by atoms with Crippen LogP contribution in [0.5, 0.6) is 0 Å². The number of rotatable bonds is 3. The van der Waals surface area contributed by atoms with Crippen molar-refractivity contribution in [2.45, 2.75) is 19.8 Å². The molecule has 138 valence electrons. The predicted octanol–water partition coefficient (Wildman–Crippen LogP) is 5.05. The lowest BCUT2D eigenvalue weighted by atomic mass is 9.95. The Bertz CT molecular complexity index is 963. The Balaban J connectivity index is 1.43. The summed E-state index contributed by atoms with van der Waals surface area (Å²) >= 11 is 5.97. The second-order valence-corrected chi connectivity index (χ2v) is 7.46. The van der Waals surface area contributed by atoms with Crippen LogP contribution in [0.3, 0.4) is 0 Å². The standard InChI is InChI=1S/C22H22ClN3O/c1-15-19-3-2-4-21(20(19)9-12-24-15)25-22(27)16-10-13-26(14-11-16)18-7-5-17(23)6-8-18/h2-9,12,16H,10-11,13-14H2,1H3,(H,25,27). The van der Waals surface area contributed by atoms with Gasteiger partial charge in [0.25, 0.3) is 0 Å². The molecule has 4 nitrogen and oxygen atoms in total. The van der Waals surface area contributed by atoms with Crippen LogP contribution in [0, 0.1) is 12.8 Å². The number of anilines is 2. The first-order valence-corrected chi connectivity index (χ1v) is 9.65. The smallest absolute Gasteiger partial charge is 0.227 e. The van der Waals surface area contributed by atoms with E-state index >= 15 is 0 Å². The van der Waals surface area contributed by atoms with Gasteiger partial charge in [-0.05, 0) is 56.2 Å². The van der Waals surface area contributed by atoms with Crippen molar-refractivity contribution in [3.8, 4) is 0 Å². The van der Waals surface area contributed by atoms with Gasteiger partial charge in [-0.15, -0.1) is 0 Å². The van der Waals surface area contributed by atoms with Gasteiger partial charge in [-0.2, -0.15) is 0 Å². The van der Waals surface area contributed by atoms with Crippen LogP contribution in [-0.4, -0.2) is 24.0 Å². The molecule has 0 aliphatic carbocycles. The van der Waals surface area contributed by atoms with Gasteiger partial charge in [-0.25, -0.2) is 0 Å². The molecule has 1 fully saturated rings. The Kier molecular flexibility index (Phi) is 4.99. The molecule has 4 rings (SSSR count). The first-order chi connectivity index (χ1) is 13.1. The molecule has 1 aliphatic rings. The second-order valence-electron chi connectivity index (χ2n) is 7.02. The molecule has 0 atom stereocenters. The fourth-order valence-electron chi connectivity index (χ4n) is 3.75. The second kappa shape index (κ2) is 7.57. The van der Waals surface area contributed by atoms with Crippen molar-refractivity contribution in [2.75, 3.05) is 23.3 Å². The van der Waals surface area contributed by atoms with Crippen LogP contribution in [0.2, 0.25) is 5.02 Å². The van der Waals surface area contributed by atoms with E-state index in [4.69, 9.17) is 11.6 Å². The van der Waals surface area contributed by atoms with E-state index in [2.05, 4.69) is 15.2 Å². The molecular weight excluding hydrogens is 358 g/mol. The number of pyridine rings is 1. The zero-order chi connectivity index (χ0) is 18.8. The Hall–Kier alpha value is -2.59. The molecule has 3 aromatic rings. The summed E-state index contributed by atoms with van der Waals surface area (Å²) in [5.41, 5.74) is 3.00. The predicted molar refractivity (Wildman–Crippen MR) is 111 cm³/mol. The van der Waals surface area contributed by atoms with Gasteiger partial charge in [-0.1, -0.05) is 23.7 Å². The van der Waals surface area contributed by atoms with Crippen molar-refractivity contribution >= 4 is 39.7 Å². The van der Waals surface area contributed by atoms with Gasteiger partial charge >= 0.3 is 0 Å². The van der Waals surface area contributed by atoms with Gasteiger partial charge in [0, 0.05) is 58.1 Å². The normalized spacial score (nSPS) is 15.1. The molecule has 27 heavy (non-hydrogen) atoms. The Morgan fingerprint density at radius 2 is 1.81 bits per heavy atom. The fourth-order valence-corrected chi connectivity index (χ4v) is 3.87. The topological polar surface area (TPSA) is 45.2 Å². The van der Waals surface area contributed by atoms with Crippen LogP contribution in [0.1, 0.15) is 18.5 Å². The third-order valence-electron chi connectivity index (χ3n) is 5.32. The van der Waals surface area contributed by atoms with E-state index in [1.165, 1.54) is 0 Å². The summed E-state index contributed by atoms with van der Waals surface area (Å²) in [7, 11) is 0. The van der Waals surface area contributed by atoms with E-state index in [9.17, 15) is 4.79 Å². The summed E-state index contributed by atoms with van der Waals surface area (Å²) < 4.78 is 0. The van der Waals surface area contributed by atoms with E-state index in [0.717, 1.165) is 58.8 Å². The Morgan fingerprint density at radius 3 is 2.56 bits per heavy atom. The molecule has 2 heterocycles. The first kappa shape index (κ1) is 17.8. The number of fused-ring (bicyclic) bond motifs is 1. The van der Waals surface area contributed by atoms with Crippen molar-refractivity contribution < 1.29 is 4.79 Å². The van der Waals surface area contributed by atoms with Crippen LogP contribution in [0.15, 0.2) is 54.7 Å². The fraction of sp³-hybridized carbons (Fsp3) is 0.273. The Morgan fingerprint density at radius 1 is 1.07 bits per heavy atom. The van der Waals surface area contributed by atoms with Crippen LogP contribution >= 0.6 is 11.6 Å². The van der Waals surface area contributed by atoms with Gasteiger partial charge in [-0.3, -0.25) is 9.78 Å². The van der Waals surface area contributed by atoms with Crippen LogP contribution in [-0.2, 0) is 4.79 Å². The maximum absolute atomic E-state index is 12.8. The minimum atomic E-state index is 0.0340. The maximum Gasteiger partial charge on any atom is 0.227 e. The molecule has 0 unspecified atom stereocenters. The number of halogens is 1. The molecule has 2 aromatic carbocycles. The Labute approximate surface area is 164 Å². The molecule has 1 aromatic heterocycles. The highest BCUT2D eigenvalue weighted by Gasteiger charge is 2.25. The van der Waals surface area contributed by atoms with E-state index in [1.54, 1.807) is 6.20 Å². The maximum atomic E-state index is 12.8. The van der Waals surface area contributed by atoms with Crippen molar-refractivity contribution in [3.63, 3.8) is 0 Å². The summed E-state index contributed by atoms with van der Waals surface area (Å²) in [6.45, 7) is 3.73. The van der Waals surface area contributed by atoms with E-state index in [-0.39, 0.29) is 11.8 Å². The number of aromatic nitrogens is 1. The molecule has 0 radical (unpaired) electrons. The molecule has 0 saturated carbocycles. The third-order valence-corrected chi connectivity index (χ3v) is 5.57. The highest BCUT2D eigenvalue weighted by Crippen LogP contribution is 2.28. The number of amides is 1. The summed E-state index contributed by atoms with van der Waals surface area (Å²) in [5.74, 6) is 0.138. The lowest BCUT2D eigenvalue weighted by Crippen LogP contribution is -2.38. The highest BCUT2D eigenvalue weighted by atomic mass is 35.5. The molecule has 1 N–H and O–H groups in total. The highest BCUT2D eigenvalue weighted by molar-refractivity contribution is 6.30. The van der Waals surface area contributed by atoms with Gasteiger partial charge in [0.2, 0.25) is 5.91 Å². The number of piperidine rings is 1. The molecule has 0 bridgehead atoms. The summed E-state index contributed by atoms with van der Waals surface area (Å²) in [6, 6.07) is 15.8. The number of hydrogen-bond donors (Lipinski definition) is 1. The van der Waals surface area contributed by atoms with E-state index in [0.29, 0.717) is 0 Å². The summed E-state index contributed by atoms with van der Waals surface area (Å²) in [4.78, 5) is 19.5. The third kappa shape index (κ3) is 3.76. The molecule has 0 spiro atoms. The average Bonchev–Trinajstić information content (AvgIpc) is 2.69. The largest absolute Gasteiger partial charge is 0.371 e. The molecule has 1 saturated heterocycles. The average molecular weight is 380 g/mol. The van der Waals surface area contributed by atoms with Crippen LogP contribution < -0.4 is 10.2 Å². The van der Waals surface area contributed by atoms with Crippen LogP contribution in [0.4, 0.5) is 11.4 Å². The zero-order valence-electron chi connectivity index (χ0n) is 15.3. The number of benzene rings is 2. The van der Waals surface area contributed by atoms with Gasteiger partial charge in [0.15, 0.2) is 0 Å². The summed E-state index contributed by atoms with van der Waals surface area (Å²) in [6.07, 6.45) is 3.48. The number of hydrogen-bond acceptors (Lipinski definition) is 3. The monoisotopic (exact) mass is 379 g/mol. The quantitative estimate of drug-likeness (QED) is 0.692. The zero-order valence-corrected chi connectivity index (χ0v) is 16.0. The SMILES string of the molecule is Cc1nccc2c(NC(=O)C3CCN(c4ccc(Cl)cc4)CC3)cccc12. The molecule has 1 amide bonds. The number of nitrogens with one attached hydrogen (secondary N) is 1. The van der Waals surface area contributed by atoms with Crippen molar-refractivity contribution in [1.29, 1.82) is 0 Å². The lowest BCUT2D eigenvalue weighted by molar-refractivity contribution is -0.120. The van der Waals surface area contributed by atoms with E-state index in [1.807, 2.05) is 55.5 Å². The van der Waals surface area contributed by atoms with Gasteiger partial charge < -0.3 is 10.2 Å². The summed E-state index contributed by atoms with van der Waals surface area (Å²) in [5, 5.41) is 6.00. The molecule has 5 heteroatoms. The van der Waals surface area contributed by atoms with Crippen LogP contribution in [0.25, 0.3) is 10.8 Å².